The highest BCUT2D eigenvalue weighted by atomic mass is 16.4. The van der Waals surface area contributed by atoms with Crippen molar-refractivity contribution in [3.05, 3.63) is 30.3 Å². The Hall–Kier alpha value is -1.55. The lowest BCUT2D eigenvalue weighted by Crippen LogP contribution is -2.35. The fourth-order valence-corrected chi connectivity index (χ4v) is 0.649. The van der Waals surface area contributed by atoms with Gasteiger partial charge in [0.1, 0.15) is 0 Å². The number of hydrogen-bond acceptors (Lipinski definition) is 2. The van der Waals surface area contributed by atoms with Gasteiger partial charge in [0, 0.05) is 0 Å². The fourth-order valence-electron chi connectivity index (χ4n) is 0.649. The van der Waals surface area contributed by atoms with Gasteiger partial charge in [-0.1, -0.05) is 12.1 Å². The molecule has 11 heavy (non-hydrogen) atoms. The van der Waals surface area contributed by atoms with E-state index >= 15 is 0 Å². The summed E-state index contributed by atoms with van der Waals surface area (Å²) in [5.41, 5.74) is 0.427. The molecule has 0 fully saturated rings. The Morgan fingerprint density at radius 2 is 2.09 bits per heavy atom. The molecule has 0 saturated carbocycles. The predicted molar refractivity (Wildman–Crippen MR) is 40.0 cm³/mol. The number of hydrazine groups is 1. The molecule has 0 atom stereocenters. The summed E-state index contributed by atoms with van der Waals surface area (Å²) in [7, 11) is 0. The zero-order valence-corrected chi connectivity index (χ0v) is 5.69. The molecule has 1 aromatic carbocycles. The molecular weight excluding hydrogens is 144 g/mol. The Morgan fingerprint density at radius 1 is 1.55 bits per heavy atom. The van der Waals surface area contributed by atoms with Crippen LogP contribution in [0.3, 0.4) is 0 Å². The molecule has 0 heterocycles. The van der Waals surface area contributed by atoms with Crippen molar-refractivity contribution in [2.24, 2.45) is 5.84 Å². The SMILES string of the molecule is NN(C(=O)O)c1cc[c]cc1. The van der Waals surface area contributed by atoms with E-state index in [9.17, 15) is 4.79 Å². The summed E-state index contributed by atoms with van der Waals surface area (Å²) in [6.07, 6.45) is -1.18. The van der Waals surface area contributed by atoms with E-state index in [4.69, 9.17) is 10.9 Å². The molecule has 1 amide bonds. The summed E-state index contributed by atoms with van der Waals surface area (Å²) in [6.45, 7) is 0. The van der Waals surface area contributed by atoms with Gasteiger partial charge >= 0.3 is 6.09 Å². The normalized spacial score (nSPS) is 9.18. The Morgan fingerprint density at radius 3 is 2.55 bits per heavy atom. The maximum absolute atomic E-state index is 10.3. The topological polar surface area (TPSA) is 66.6 Å². The highest BCUT2D eigenvalue weighted by Crippen LogP contribution is 2.07. The second-order valence-corrected chi connectivity index (χ2v) is 1.91. The second-order valence-electron chi connectivity index (χ2n) is 1.91. The van der Waals surface area contributed by atoms with Crippen LogP contribution in [0.2, 0.25) is 0 Å². The predicted octanol–water partition coefficient (Wildman–Crippen LogP) is 0.845. The van der Waals surface area contributed by atoms with Crippen LogP contribution in [0.4, 0.5) is 10.5 Å². The first-order valence-corrected chi connectivity index (χ1v) is 2.95. The van der Waals surface area contributed by atoms with Gasteiger partial charge in [0.2, 0.25) is 0 Å². The summed E-state index contributed by atoms with van der Waals surface area (Å²) in [6, 6.07) is 9.07. The lowest BCUT2D eigenvalue weighted by molar-refractivity contribution is 0.202. The van der Waals surface area contributed by atoms with E-state index in [1.165, 1.54) is 0 Å². The zero-order chi connectivity index (χ0) is 8.27. The van der Waals surface area contributed by atoms with Gasteiger partial charge in [-0.2, -0.15) is 0 Å². The van der Waals surface area contributed by atoms with Gasteiger partial charge in [-0.05, 0) is 18.2 Å². The van der Waals surface area contributed by atoms with E-state index in [0.717, 1.165) is 0 Å². The lowest BCUT2D eigenvalue weighted by atomic mass is 10.3. The maximum Gasteiger partial charge on any atom is 0.426 e. The number of hydrogen-bond donors (Lipinski definition) is 2. The summed E-state index contributed by atoms with van der Waals surface area (Å²) >= 11 is 0. The largest absolute Gasteiger partial charge is 0.464 e. The first-order chi connectivity index (χ1) is 5.22. The standard InChI is InChI=1S/C7H7N2O2/c8-9(7(10)11)6-4-2-1-3-5-6/h2-5H,8H2,(H,10,11). The van der Waals surface area contributed by atoms with Crippen LogP contribution in [0, 0.1) is 6.07 Å². The fraction of sp³-hybridized carbons (Fsp3) is 0. The first-order valence-electron chi connectivity index (χ1n) is 2.95. The van der Waals surface area contributed by atoms with Gasteiger partial charge in [-0.25, -0.2) is 15.6 Å². The molecule has 1 radical (unpaired) electrons. The summed E-state index contributed by atoms with van der Waals surface area (Å²) < 4.78 is 0. The number of carboxylic acid groups (broad SMARTS) is 1. The zero-order valence-electron chi connectivity index (χ0n) is 5.69. The van der Waals surface area contributed by atoms with E-state index in [0.29, 0.717) is 10.7 Å². The number of carbonyl (C=O) groups is 1. The molecular formula is C7H7N2O2. The van der Waals surface area contributed by atoms with Gasteiger partial charge in [-0.3, -0.25) is 0 Å². The third kappa shape index (κ3) is 1.68. The molecule has 4 heteroatoms. The van der Waals surface area contributed by atoms with Crippen LogP contribution in [0.15, 0.2) is 24.3 Å². The third-order valence-electron chi connectivity index (χ3n) is 1.18. The molecule has 4 nitrogen and oxygen atoms in total. The Bertz CT molecular complexity index is 248. The quantitative estimate of drug-likeness (QED) is 0.355. The van der Waals surface area contributed by atoms with E-state index < -0.39 is 6.09 Å². The minimum absolute atomic E-state index is 0.427. The number of amides is 1. The van der Waals surface area contributed by atoms with Gasteiger partial charge in [0.15, 0.2) is 0 Å². The molecule has 0 aromatic heterocycles. The lowest BCUT2D eigenvalue weighted by Gasteiger charge is -2.10. The number of rotatable bonds is 1. The number of nitrogens with zero attached hydrogens (tertiary/aromatic N) is 1. The smallest absolute Gasteiger partial charge is 0.426 e. The van der Waals surface area contributed by atoms with Crippen molar-refractivity contribution in [3.63, 3.8) is 0 Å². The average Bonchev–Trinajstić information content (AvgIpc) is 2.05. The first kappa shape index (κ1) is 7.56. The van der Waals surface area contributed by atoms with Crippen molar-refractivity contribution >= 4 is 11.8 Å². The van der Waals surface area contributed by atoms with Gasteiger partial charge in [0.05, 0.1) is 5.69 Å². The van der Waals surface area contributed by atoms with Crippen molar-refractivity contribution < 1.29 is 9.90 Å². The third-order valence-corrected chi connectivity index (χ3v) is 1.18. The van der Waals surface area contributed by atoms with Crippen LogP contribution >= 0.6 is 0 Å². The van der Waals surface area contributed by atoms with E-state index in [2.05, 4.69) is 6.07 Å². The minimum atomic E-state index is -1.18. The molecule has 57 valence electrons. The monoisotopic (exact) mass is 151 g/mol. The van der Waals surface area contributed by atoms with Gasteiger partial charge < -0.3 is 5.11 Å². The Balaban J connectivity index is 2.85. The number of nitrogens with two attached hydrogens (primary N) is 1. The van der Waals surface area contributed by atoms with Crippen molar-refractivity contribution in [2.75, 3.05) is 5.01 Å². The molecule has 0 spiro atoms. The average molecular weight is 151 g/mol. The molecule has 1 aromatic rings. The van der Waals surface area contributed by atoms with E-state index in [-0.39, 0.29) is 0 Å². The number of anilines is 1. The highest BCUT2D eigenvalue weighted by molar-refractivity contribution is 5.84. The number of benzene rings is 1. The molecule has 0 aliphatic rings. The molecule has 1 rings (SSSR count). The van der Waals surface area contributed by atoms with Gasteiger partial charge in [0.25, 0.3) is 0 Å². The van der Waals surface area contributed by atoms with Crippen LogP contribution in [0.1, 0.15) is 0 Å². The van der Waals surface area contributed by atoms with Crippen LogP contribution in [0.25, 0.3) is 0 Å². The van der Waals surface area contributed by atoms with Crippen LogP contribution in [0.5, 0.6) is 0 Å². The Labute approximate surface area is 63.8 Å². The summed E-state index contributed by atoms with van der Waals surface area (Å²) in [4.78, 5) is 10.3. The van der Waals surface area contributed by atoms with Crippen LogP contribution in [-0.2, 0) is 0 Å². The van der Waals surface area contributed by atoms with E-state index in [1.807, 2.05) is 0 Å². The van der Waals surface area contributed by atoms with Crippen molar-refractivity contribution in [1.29, 1.82) is 0 Å². The van der Waals surface area contributed by atoms with Crippen molar-refractivity contribution in [2.45, 2.75) is 0 Å². The molecule has 0 saturated heterocycles. The molecule has 0 unspecified atom stereocenters. The van der Waals surface area contributed by atoms with Crippen molar-refractivity contribution in [1.82, 2.24) is 0 Å². The van der Waals surface area contributed by atoms with Crippen LogP contribution in [-0.4, -0.2) is 11.2 Å². The van der Waals surface area contributed by atoms with Gasteiger partial charge in [-0.15, -0.1) is 0 Å². The van der Waals surface area contributed by atoms with Crippen molar-refractivity contribution in [3.8, 4) is 0 Å². The van der Waals surface area contributed by atoms with Crippen LogP contribution < -0.4 is 10.9 Å². The Kier molecular flexibility index (Phi) is 2.08. The minimum Gasteiger partial charge on any atom is -0.464 e. The van der Waals surface area contributed by atoms with E-state index in [1.54, 1.807) is 24.3 Å². The maximum atomic E-state index is 10.3. The molecule has 0 aliphatic heterocycles. The highest BCUT2D eigenvalue weighted by Gasteiger charge is 2.06. The summed E-state index contributed by atoms with van der Waals surface area (Å²) in [5, 5.41) is 9.07. The second kappa shape index (κ2) is 3.03. The summed E-state index contributed by atoms with van der Waals surface area (Å²) in [5.74, 6) is 5.16. The molecule has 3 N–H and O–H groups in total. The molecule has 0 aliphatic carbocycles. The molecule has 0 bridgehead atoms.